The first-order valence-electron chi connectivity index (χ1n) is 23.6. The first-order chi connectivity index (χ1) is 32.9. The van der Waals surface area contributed by atoms with Gasteiger partial charge in [-0.05, 0) is 141 Å². The third-order valence-electron chi connectivity index (χ3n) is 11.1. The summed E-state index contributed by atoms with van der Waals surface area (Å²) >= 11 is 0. The molecule has 4 N–H and O–H groups in total. The zero-order valence-electron chi connectivity index (χ0n) is 40.5. The SMILES string of the molecule is CCOC(=O)Nc1cc(NC(C)CCCN(CC)CC)c2nc(-c3ccc(F)cc3)cnc2n1.CCOC(=O)Nc1cc(NC(C)CCCN(CC)CC)c2ncc(-c3ccc(F)cc3)nc2n1. The molecule has 0 bridgehead atoms. The number of nitrogens with one attached hydrogen (secondary N) is 4. The molecule has 4 heterocycles. The van der Waals surface area contributed by atoms with E-state index in [4.69, 9.17) is 14.5 Å². The highest BCUT2D eigenvalue weighted by atomic mass is 19.1. The Morgan fingerprint density at radius 1 is 0.574 bits per heavy atom. The van der Waals surface area contributed by atoms with Crippen LogP contribution in [0.25, 0.3) is 44.8 Å². The lowest BCUT2D eigenvalue weighted by atomic mass is 10.1. The molecular formula is C50H66F2N12O4. The number of hydrogen-bond acceptors (Lipinski definition) is 14. The van der Waals surface area contributed by atoms with E-state index < -0.39 is 12.2 Å². The second-order valence-electron chi connectivity index (χ2n) is 16.1. The van der Waals surface area contributed by atoms with Crippen molar-refractivity contribution in [2.24, 2.45) is 0 Å². The number of fused-ring (bicyclic) bond motifs is 2. The predicted molar refractivity (Wildman–Crippen MR) is 267 cm³/mol. The van der Waals surface area contributed by atoms with Gasteiger partial charge in [0.1, 0.15) is 34.3 Å². The fourth-order valence-electron chi connectivity index (χ4n) is 7.40. The molecular weight excluding hydrogens is 871 g/mol. The first-order valence-corrected chi connectivity index (χ1v) is 23.6. The Morgan fingerprint density at radius 2 is 1.00 bits per heavy atom. The molecule has 0 aliphatic rings. The van der Waals surface area contributed by atoms with Crippen molar-refractivity contribution in [1.29, 1.82) is 0 Å². The van der Waals surface area contributed by atoms with Crippen LogP contribution >= 0.6 is 0 Å². The smallest absolute Gasteiger partial charge is 0.412 e. The molecule has 2 amide bonds. The van der Waals surface area contributed by atoms with Crippen LogP contribution in [-0.2, 0) is 9.47 Å². The zero-order valence-corrected chi connectivity index (χ0v) is 40.5. The third kappa shape index (κ3) is 15.7. The summed E-state index contributed by atoms with van der Waals surface area (Å²) in [5, 5.41) is 12.3. The monoisotopic (exact) mass is 937 g/mol. The minimum Gasteiger partial charge on any atom is -0.450 e. The van der Waals surface area contributed by atoms with E-state index >= 15 is 0 Å². The van der Waals surface area contributed by atoms with Crippen LogP contribution in [0, 0.1) is 11.6 Å². The van der Waals surface area contributed by atoms with Gasteiger partial charge in [0, 0.05) is 35.3 Å². The van der Waals surface area contributed by atoms with Crippen LogP contribution in [0.15, 0.2) is 73.1 Å². The highest BCUT2D eigenvalue weighted by Gasteiger charge is 2.17. The molecule has 2 atom stereocenters. The van der Waals surface area contributed by atoms with Crippen LogP contribution in [0.3, 0.4) is 0 Å². The summed E-state index contributed by atoms with van der Waals surface area (Å²) in [6, 6.07) is 16.0. The van der Waals surface area contributed by atoms with E-state index in [1.54, 1.807) is 62.6 Å². The molecule has 16 nitrogen and oxygen atoms in total. The van der Waals surface area contributed by atoms with Gasteiger partial charge < -0.3 is 29.9 Å². The number of carbonyl (C=O) groups is 2. The van der Waals surface area contributed by atoms with Crippen LogP contribution in [-0.4, -0.2) is 116 Å². The molecule has 0 aliphatic carbocycles. The number of anilines is 4. The number of benzene rings is 2. The fourth-order valence-corrected chi connectivity index (χ4v) is 7.40. The Labute approximate surface area is 398 Å². The minimum atomic E-state index is -0.588. The molecule has 2 unspecified atom stereocenters. The quantitative estimate of drug-likeness (QED) is 0.0504. The Bertz CT molecular complexity index is 2530. The van der Waals surface area contributed by atoms with E-state index in [0.717, 1.165) is 81.8 Å². The standard InChI is InChI=1S/2C25H33FN6O2/c1-5-32(6-2)14-8-9-17(4)28-20-15-22(31-25(33)34-7-3)30-24-23(20)29-21(16-27-24)18-10-12-19(26)13-11-18;1-5-32(6-2)14-8-9-17(4)28-20-15-22(31-25(33)34-7-3)30-24-23(20)27-16-21(29-24)18-10-12-19(26)13-11-18/h10-13,15-17H,5-9,14H2,1-4H3,(H2,27,28,30,31,33);10-13,15-17H,5-9,14H2,1-4H3,(H2,28,29,30,31,33). The first kappa shape index (κ1) is 52.3. The fraction of sp³-hybridized carbons (Fsp3) is 0.440. The van der Waals surface area contributed by atoms with E-state index in [1.165, 1.54) is 24.3 Å². The van der Waals surface area contributed by atoms with E-state index in [9.17, 15) is 18.4 Å². The van der Waals surface area contributed by atoms with E-state index in [-0.39, 0.29) is 36.9 Å². The number of halogens is 2. The molecule has 68 heavy (non-hydrogen) atoms. The van der Waals surface area contributed by atoms with Gasteiger partial charge in [0.05, 0.1) is 48.4 Å². The molecule has 6 aromatic rings. The number of rotatable bonds is 22. The number of nitrogens with zero attached hydrogens (tertiary/aromatic N) is 8. The van der Waals surface area contributed by atoms with Gasteiger partial charge in [0.25, 0.3) is 0 Å². The number of pyridine rings is 2. The highest BCUT2D eigenvalue weighted by Crippen LogP contribution is 2.29. The summed E-state index contributed by atoms with van der Waals surface area (Å²) in [7, 11) is 0. The van der Waals surface area contributed by atoms with Crippen molar-refractivity contribution in [3.05, 3.63) is 84.7 Å². The summed E-state index contributed by atoms with van der Waals surface area (Å²) in [6.07, 6.45) is 6.12. The van der Waals surface area contributed by atoms with Gasteiger partial charge in [-0.1, -0.05) is 27.7 Å². The maximum absolute atomic E-state index is 13.4. The van der Waals surface area contributed by atoms with Crippen molar-refractivity contribution in [3.8, 4) is 22.5 Å². The molecule has 2 aromatic carbocycles. The summed E-state index contributed by atoms with van der Waals surface area (Å²) in [4.78, 5) is 56.1. The molecule has 6 rings (SSSR count). The van der Waals surface area contributed by atoms with Crippen LogP contribution in [0.2, 0.25) is 0 Å². The number of amides is 2. The minimum absolute atomic E-state index is 0.160. The summed E-state index contributed by atoms with van der Waals surface area (Å²) in [5.74, 6) is 0.00900. The second kappa shape index (κ2) is 26.6. The van der Waals surface area contributed by atoms with Gasteiger partial charge >= 0.3 is 12.2 Å². The van der Waals surface area contributed by atoms with Gasteiger partial charge in [-0.3, -0.25) is 10.6 Å². The largest absolute Gasteiger partial charge is 0.450 e. The molecule has 0 spiro atoms. The Morgan fingerprint density at radius 3 is 1.46 bits per heavy atom. The zero-order chi connectivity index (χ0) is 49.0. The molecule has 0 radical (unpaired) electrons. The topological polar surface area (TPSA) is 185 Å². The van der Waals surface area contributed by atoms with E-state index in [1.807, 2.05) is 0 Å². The lowest BCUT2D eigenvalue weighted by Crippen LogP contribution is -2.25. The molecule has 18 heteroatoms. The van der Waals surface area contributed by atoms with Crippen molar-refractivity contribution >= 4 is 57.5 Å². The Hall–Kier alpha value is -6.66. The molecule has 4 aromatic heterocycles. The second-order valence-corrected chi connectivity index (χ2v) is 16.1. The Kier molecular flexibility index (Phi) is 20.5. The van der Waals surface area contributed by atoms with Crippen molar-refractivity contribution < 1.29 is 27.8 Å². The van der Waals surface area contributed by atoms with Crippen LogP contribution < -0.4 is 21.3 Å². The van der Waals surface area contributed by atoms with Crippen molar-refractivity contribution in [3.63, 3.8) is 0 Å². The van der Waals surface area contributed by atoms with E-state index in [0.29, 0.717) is 51.0 Å². The molecule has 0 fully saturated rings. The van der Waals surface area contributed by atoms with Crippen molar-refractivity contribution in [2.75, 3.05) is 73.7 Å². The molecule has 0 aliphatic heterocycles. The van der Waals surface area contributed by atoms with Gasteiger partial charge in [0.15, 0.2) is 11.3 Å². The third-order valence-corrected chi connectivity index (χ3v) is 11.1. The van der Waals surface area contributed by atoms with Crippen molar-refractivity contribution in [1.82, 2.24) is 39.7 Å². The van der Waals surface area contributed by atoms with Gasteiger partial charge in [-0.25, -0.2) is 48.3 Å². The average Bonchev–Trinajstić information content (AvgIpc) is 3.32. The maximum atomic E-state index is 13.4. The average molecular weight is 937 g/mol. The maximum Gasteiger partial charge on any atom is 0.412 e. The highest BCUT2D eigenvalue weighted by molar-refractivity contribution is 5.93. The summed E-state index contributed by atoms with van der Waals surface area (Å²) in [6.45, 7) is 23.2. The Balaban J connectivity index is 0.000000254. The van der Waals surface area contributed by atoms with E-state index in [2.05, 4.69) is 97.5 Å². The molecule has 0 saturated carbocycles. The number of ether oxygens (including phenoxy) is 2. The lowest BCUT2D eigenvalue weighted by molar-refractivity contribution is 0.167. The normalized spacial score (nSPS) is 12.1. The van der Waals surface area contributed by atoms with Gasteiger partial charge in [-0.15, -0.1) is 0 Å². The summed E-state index contributed by atoms with van der Waals surface area (Å²) < 4.78 is 36.7. The lowest BCUT2D eigenvalue weighted by Gasteiger charge is -2.21. The van der Waals surface area contributed by atoms with Crippen LogP contribution in [0.4, 0.5) is 41.4 Å². The number of carbonyl (C=O) groups excluding carboxylic acids is 2. The van der Waals surface area contributed by atoms with Crippen LogP contribution in [0.5, 0.6) is 0 Å². The molecule has 364 valence electrons. The van der Waals surface area contributed by atoms with Gasteiger partial charge in [-0.2, -0.15) is 0 Å². The van der Waals surface area contributed by atoms with Gasteiger partial charge in [0.2, 0.25) is 0 Å². The molecule has 0 saturated heterocycles. The number of hydrogen-bond donors (Lipinski definition) is 4. The van der Waals surface area contributed by atoms with Crippen molar-refractivity contribution in [2.45, 2.75) is 93.2 Å². The summed E-state index contributed by atoms with van der Waals surface area (Å²) in [5.41, 5.74) is 6.01. The van der Waals surface area contributed by atoms with Crippen LogP contribution in [0.1, 0.15) is 81.1 Å². The predicted octanol–water partition coefficient (Wildman–Crippen LogP) is 10.6. The number of aromatic nitrogens is 6.